The van der Waals surface area contributed by atoms with Crippen LogP contribution >= 0.6 is 0 Å². The first-order chi connectivity index (χ1) is 6.24. The van der Waals surface area contributed by atoms with Crippen LogP contribution < -0.4 is 5.32 Å². The monoisotopic (exact) mass is 183 g/mol. The Hall–Kier alpha value is -1.08. The van der Waals surface area contributed by atoms with Gasteiger partial charge in [-0.15, -0.1) is 0 Å². The molecule has 72 valence electrons. The molecule has 0 bridgehead atoms. The summed E-state index contributed by atoms with van der Waals surface area (Å²) < 4.78 is 12.6. The Morgan fingerprint density at radius 2 is 2.62 bits per heavy atom. The molecule has 0 amide bonds. The second-order valence-corrected chi connectivity index (χ2v) is 3.17. The molecule has 1 heterocycles. The Balaban J connectivity index is 2.57. The van der Waals surface area contributed by atoms with Gasteiger partial charge in [-0.2, -0.15) is 5.26 Å². The molecule has 1 saturated heterocycles. The maximum atomic E-state index is 12.6. The Morgan fingerprint density at radius 1 is 1.85 bits per heavy atom. The molecule has 0 radical (unpaired) electrons. The fourth-order valence-electron chi connectivity index (χ4n) is 1.47. The standard InChI is InChI=1S/C9H14FN3/c1-8(10)7-13-5-4-12-6-9(13)2-3-11/h7,9,12H,2,4-6H2,1H3. The number of piperazine rings is 1. The maximum Gasteiger partial charge on any atom is 0.113 e. The molecule has 0 aromatic heterocycles. The van der Waals surface area contributed by atoms with Crippen molar-refractivity contribution in [1.29, 1.82) is 5.26 Å². The molecule has 1 unspecified atom stereocenters. The number of nitrogens with one attached hydrogen (secondary N) is 1. The lowest BCUT2D eigenvalue weighted by molar-refractivity contribution is 0.226. The van der Waals surface area contributed by atoms with Gasteiger partial charge in [-0.1, -0.05) is 0 Å². The van der Waals surface area contributed by atoms with Gasteiger partial charge in [0, 0.05) is 25.8 Å². The average molecular weight is 183 g/mol. The summed E-state index contributed by atoms with van der Waals surface area (Å²) in [7, 11) is 0. The van der Waals surface area contributed by atoms with Crippen LogP contribution in [0.25, 0.3) is 0 Å². The summed E-state index contributed by atoms with van der Waals surface area (Å²) >= 11 is 0. The third-order valence-electron chi connectivity index (χ3n) is 2.07. The van der Waals surface area contributed by atoms with Gasteiger partial charge >= 0.3 is 0 Å². The fraction of sp³-hybridized carbons (Fsp3) is 0.667. The molecule has 1 aliphatic heterocycles. The largest absolute Gasteiger partial charge is 0.369 e. The number of hydrogen-bond donors (Lipinski definition) is 1. The van der Waals surface area contributed by atoms with Gasteiger partial charge in [-0.3, -0.25) is 0 Å². The SMILES string of the molecule is CC(F)=CN1CCNCC1CC#N. The highest BCUT2D eigenvalue weighted by Crippen LogP contribution is 2.09. The highest BCUT2D eigenvalue weighted by atomic mass is 19.1. The van der Waals surface area contributed by atoms with E-state index in [2.05, 4.69) is 11.4 Å². The minimum absolute atomic E-state index is 0.115. The van der Waals surface area contributed by atoms with E-state index in [-0.39, 0.29) is 11.9 Å². The van der Waals surface area contributed by atoms with E-state index < -0.39 is 0 Å². The normalized spacial score (nSPS) is 24.2. The van der Waals surface area contributed by atoms with Crippen molar-refractivity contribution in [2.24, 2.45) is 0 Å². The first kappa shape index (κ1) is 10.0. The molecule has 1 atom stereocenters. The van der Waals surface area contributed by atoms with Gasteiger partial charge in [0.1, 0.15) is 5.83 Å². The van der Waals surface area contributed by atoms with E-state index in [1.54, 1.807) is 0 Å². The van der Waals surface area contributed by atoms with E-state index >= 15 is 0 Å². The first-order valence-corrected chi connectivity index (χ1v) is 4.41. The number of halogens is 1. The van der Waals surface area contributed by atoms with Crippen LogP contribution in [0.2, 0.25) is 0 Å². The lowest BCUT2D eigenvalue weighted by atomic mass is 10.1. The van der Waals surface area contributed by atoms with Crippen molar-refractivity contribution in [2.45, 2.75) is 19.4 Å². The van der Waals surface area contributed by atoms with Crippen molar-refractivity contribution in [1.82, 2.24) is 10.2 Å². The Labute approximate surface area is 77.8 Å². The third kappa shape index (κ3) is 3.03. The minimum Gasteiger partial charge on any atom is -0.369 e. The van der Waals surface area contributed by atoms with E-state index in [1.165, 1.54) is 13.1 Å². The molecule has 1 aliphatic rings. The van der Waals surface area contributed by atoms with Crippen LogP contribution in [0.1, 0.15) is 13.3 Å². The summed E-state index contributed by atoms with van der Waals surface area (Å²) in [4.78, 5) is 1.90. The van der Waals surface area contributed by atoms with E-state index in [1.807, 2.05) is 4.90 Å². The smallest absolute Gasteiger partial charge is 0.113 e. The van der Waals surface area contributed by atoms with Gasteiger partial charge in [0.2, 0.25) is 0 Å². The van der Waals surface area contributed by atoms with Gasteiger partial charge in [0.15, 0.2) is 0 Å². The number of nitrogens with zero attached hydrogens (tertiary/aromatic N) is 2. The third-order valence-corrected chi connectivity index (χ3v) is 2.07. The number of allylic oxidation sites excluding steroid dienone is 1. The van der Waals surface area contributed by atoms with Crippen molar-refractivity contribution in [3.05, 3.63) is 12.0 Å². The van der Waals surface area contributed by atoms with Crippen LogP contribution in [0.15, 0.2) is 12.0 Å². The molecule has 0 aromatic carbocycles. The second kappa shape index (κ2) is 4.83. The summed E-state index contributed by atoms with van der Waals surface area (Å²) in [6, 6.07) is 2.22. The van der Waals surface area contributed by atoms with Crippen molar-refractivity contribution in [2.75, 3.05) is 19.6 Å². The zero-order valence-electron chi connectivity index (χ0n) is 7.76. The summed E-state index contributed by atoms with van der Waals surface area (Å²) in [5.74, 6) is -0.204. The molecule has 4 heteroatoms. The van der Waals surface area contributed by atoms with Crippen LogP contribution in [0.3, 0.4) is 0 Å². The second-order valence-electron chi connectivity index (χ2n) is 3.17. The fourth-order valence-corrected chi connectivity index (χ4v) is 1.47. The quantitative estimate of drug-likeness (QED) is 0.694. The molecule has 0 saturated carbocycles. The van der Waals surface area contributed by atoms with Crippen LogP contribution in [0, 0.1) is 11.3 Å². The molecule has 3 nitrogen and oxygen atoms in total. The molecule has 0 aromatic rings. The molecular weight excluding hydrogens is 169 g/mol. The van der Waals surface area contributed by atoms with Gasteiger partial charge in [0.05, 0.1) is 18.5 Å². The zero-order valence-corrected chi connectivity index (χ0v) is 7.76. The average Bonchev–Trinajstić information content (AvgIpc) is 2.08. The zero-order chi connectivity index (χ0) is 9.68. The molecule has 1 fully saturated rings. The van der Waals surface area contributed by atoms with Crippen molar-refractivity contribution < 1.29 is 4.39 Å². The van der Waals surface area contributed by atoms with Crippen LogP contribution in [-0.4, -0.2) is 30.6 Å². The molecular formula is C9H14FN3. The van der Waals surface area contributed by atoms with Crippen molar-refractivity contribution in [3.8, 4) is 6.07 Å². The first-order valence-electron chi connectivity index (χ1n) is 4.41. The predicted molar refractivity (Wildman–Crippen MR) is 48.5 cm³/mol. The van der Waals surface area contributed by atoms with Gasteiger partial charge in [-0.05, 0) is 6.92 Å². The number of nitriles is 1. The van der Waals surface area contributed by atoms with Gasteiger partial charge in [0.25, 0.3) is 0 Å². The molecule has 1 N–H and O–H groups in total. The van der Waals surface area contributed by atoms with E-state index in [0.29, 0.717) is 6.42 Å². The number of rotatable bonds is 2. The topological polar surface area (TPSA) is 39.1 Å². The molecule has 1 rings (SSSR count). The Bertz CT molecular complexity index is 228. The number of hydrogen-bond acceptors (Lipinski definition) is 3. The van der Waals surface area contributed by atoms with E-state index in [0.717, 1.165) is 19.6 Å². The molecule has 0 aliphatic carbocycles. The Kier molecular flexibility index (Phi) is 3.71. The van der Waals surface area contributed by atoms with E-state index in [9.17, 15) is 4.39 Å². The summed E-state index contributed by atoms with van der Waals surface area (Å²) in [6.07, 6.45) is 1.93. The maximum absolute atomic E-state index is 12.6. The van der Waals surface area contributed by atoms with Crippen molar-refractivity contribution >= 4 is 0 Å². The minimum atomic E-state index is -0.204. The summed E-state index contributed by atoms with van der Waals surface area (Å²) in [6.45, 7) is 3.81. The Morgan fingerprint density at radius 3 is 3.23 bits per heavy atom. The van der Waals surface area contributed by atoms with Gasteiger partial charge in [-0.25, -0.2) is 4.39 Å². The van der Waals surface area contributed by atoms with Crippen LogP contribution in [0.4, 0.5) is 4.39 Å². The molecule has 13 heavy (non-hydrogen) atoms. The highest BCUT2D eigenvalue weighted by molar-refractivity contribution is 4.96. The lowest BCUT2D eigenvalue weighted by Crippen LogP contribution is -2.48. The van der Waals surface area contributed by atoms with Crippen molar-refractivity contribution in [3.63, 3.8) is 0 Å². The predicted octanol–water partition coefficient (Wildman–Crippen LogP) is 1.00. The van der Waals surface area contributed by atoms with Crippen LogP contribution in [-0.2, 0) is 0 Å². The van der Waals surface area contributed by atoms with Gasteiger partial charge < -0.3 is 10.2 Å². The van der Waals surface area contributed by atoms with Crippen LogP contribution in [0.5, 0.6) is 0 Å². The summed E-state index contributed by atoms with van der Waals surface area (Å²) in [5, 5.41) is 11.7. The van der Waals surface area contributed by atoms with E-state index in [4.69, 9.17) is 5.26 Å². The lowest BCUT2D eigenvalue weighted by Gasteiger charge is -2.34. The highest BCUT2D eigenvalue weighted by Gasteiger charge is 2.19. The molecule has 0 spiro atoms. The summed E-state index contributed by atoms with van der Waals surface area (Å²) in [5.41, 5.74) is 0.